The van der Waals surface area contributed by atoms with Gasteiger partial charge in [-0.1, -0.05) is 11.6 Å². The van der Waals surface area contributed by atoms with Gasteiger partial charge in [0.05, 0.1) is 20.8 Å². The summed E-state index contributed by atoms with van der Waals surface area (Å²) in [7, 11) is 3.02. The molecule has 6 nitrogen and oxygen atoms in total. The summed E-state index contributed by atoms with van der Waals surface area (Å²) in [5.41, 5.74) is 0.664. The van der Waals surface area contributed by atoms with Crippen molar-refractivity contribution in [3.63, 3.8) is 0 Å². The molecule has 0 aromatic heterocycles. The molecule has 120 valence electrons. The Kier molecular flexibility index (Phi) is 7.25. The Labute approximate surface area is 134 Å². The number of carbonyl (C=O) groups excluding carboxylic acids is 2. The molecule has 1 aromatic rings. The molecule has 1 rings (SSSR count). The van der Waals surface area contributed by atoms with E-state index >= 15 is 0 Å². The van der Waals surface area contributed by atoms with Crippen molar-refractivity contribution < 1.29 is 23.8 Å². The lowest BCUT2D eigenvalue weighted by molar-refractivity contribution is -0.137. The lowest BCUT2D eigenvalue weighted by Crippen LogP contribution is -2.21. The fourth-order valence-electron chi connectivity index (χ4n) is 1.61. The first kappa shape index (κ1) is 17.8. The molecule has 1 aromatic carbocycles. The van der Waals surface area contributed by atoms with Crippen LogP contribution >= 0.6 is 11.6 Å². The van der Waals surface area contributed by atoms with Crippen molar-refractivity contribution >= 4 is 23.5 Å². The molecule has 1 N–H and O–H groups in total. The van der Waals surface area contributed by atoms with E-state index in [0.717, 1.165) is 12.2 Å². The van der Waals surface area contributed by atoms with E-state index in [4.69, 9.17) is 21.1 Å². The van der Waals surface area contributed by atoms with Crippen LogP contribution in [0.2, 0.25) is 5.02 Å². The highest BCUT2D eigenvalue weighted by atomic mass is 35.5. The van der Waals surface area contributed by atoms with E-state index in [1.807, 2.05) is 0 Å². The predicted octanol–water partition coefficient (Wildman–Crippen LogP) is 2.09. The number of esters is 1. The van der Waals surface area contributed by atoms with Gasteiger partial charge in [-0.3, -0.25) is 4.79 Å². The third-order valence-corrected chi connectivity index (χ3v) is 3.01. The first-order chi connectivity index (χ1) is 10.5. The lowest BCUT2D eigenvalue weighted by Gasteiger charge is -2.11. The second-order valence-corrected chi connectivity index (χ2v) is 4.51. The highest BCUT2D eigenvalue weighted by Crippen LogP contribution is 2.32. The molecule has 0 unspecified atom stereocenters. The van der Waals surface area contributed by atoms with Crippen molar-refractivity contribution in [1.29, 1.82) is 0 Å². The van der Waals surface area contributed by atoms with E-state index in [9.17, 15) is 9.59 Å². The molecule has 0 fully saturated rings. The zero-order chi connectivity index (χ0) is 16.5. The summed E-state index contributed by atoms with van der Waals surface area (Å²) in [6.45, 7) is 2.13. The lowest BCUT2D eigenvalue weighted by atomic mass is 10.2. The quantitative estimate of drug-likeness (QED) is 0.613. The predicted molar refractivity (Wildman–Crippen MR) is 82.2 cm³/mol. The minimum absolute atomic E-state index is 0.186. The number of nitrogens with one attached hydrogen (secondary N) is 1. The van der Waals surface area contributed by atoms with Crippen LogP contribution in [0.1, 0.15) is 12.5 Å². The van der Waals surface area contributed by atoms with Gasteiger partial charge in [-0.2, -0.15) is 0 Å². The molecule has 0 aliphatic carbocycles. The maximum absolute atomic E-state index is 11.6. The molecule has 0 heterocycles. The van der Waals surface area contributed by atoms with Gasteiger partial charge >= 0.3 is 5.97 Å². The van der Waals surface area contributed by atoms with Gasteiger partial charge in [0, 0.05) is 29.8 Å². The number of hydrogen-bond donors (Lipinski definition) is 1. The number of benzene rings is 1. The van der Waals surface area contributed by atoms with E-state index in [0.29, 0.717) is 22.1 Å². The van der Waals surface area contributed by atoms with Crippen molar-refractivity contribution in [1.82, 2.24) is 5.32 Å². The Hall–Kier alpha value is -2.21. The molecular formula is C15H18ClNO5. The van der Waals surface area contributed by atoms with E-state index in [1.165, 1.54) is 14.2 Å². The van der Waals surface area contributed by atoms with Crippen LogP contribution in [0.4, 0.5) is 0 Å². The van der Waals surface area contributed by atoms with Crippen LogP contribution in [0.3, 0.4) is 0 Å². The highest BCUT2D eigenvalue weighted by Gasteiger charge is 2.10. The molecule has 7 heteroatoms. The highest BCUT2D eigenvalue weighted by molar-refractivity contribution is 6.31. The van der Waals surface area contributed by atoms with Gasteiger partial charge in [0.2, 0.25) is 5.91 Å². The summed E-state index contributed by atoms with van der Waals surface area (Å²) in [6, 6.07) is 3.28. The molecule has 0 saturated carbocycles. The third-order valence-electron chi connectivity index (χ3n) is 2.66. The minimum Gasteiger partial charge on any atom is -0.493 e. The van der Waals surface area contributed by atoms with Crippen molar-refractivity contribution in [2.24, 2.45) is 0 Å². The molecule has 0 aliphatic rings. The Balaban J connectivity index is 2.68. The van der Waals surface area contributed by atoms with Gasteiger partial charge in [0.1, 0.15) is 0 Å². The van der Waals surface area contributed by atoms with Gasteiger partial charge in [0.15, 0.2) is 11.5 Å². The molecule has 0 saturated heterocycles. The molecule has 0 aliphatic heterocycles. The molecule has 0 atom stereocenters. The third kappa shape index (κ3) is 5.29. The van der Waals surface area contributed by atoms with Crippen molar-refractivity contribution in [2.45, 2.75) is 13.5 Å². The maximum atomic E-state index is 11.6. The Morgan fingerprint density at radius 1 is 1.18 bits per heavy atom. The summed E-state index contributed by atoms with van der Waals surface area (Å²) < 4.78 is 15.0. The van der Waals surface area contributed by atoms with E-state index < -0.39 is 11.9 Å². The largest absolute Gasteiger partial charge is 0.493 e. The van der Waals surface area contributed by atoms with Crippen LogP contribution < -0.4 is 14.8 Å². The molecule has 0 bridgehead atoms. The van der Waals surface area contributed by atoms with Crippen LogP contribution in [0.5, 0.6) is 11.5 Å². The number of ether oxygens (including phenoxy) is 3. The van der Waals surface area contributed by atoms with Crippen LogP contribution in [0.15, 0.2) is 24.3 Å². The van der Waals surface area contributed by atoms with E-state index in [2.05, 4.69) is 10.1 Å². The summed E-state index contributed by atoms with van der Waals surface area (Å²) in [5, 5.41) is 3.05. The molecule has 1 amide bonds. The van der Waals surface area contributed by atoms with Crippen LogP contribution in [0, 0.1) is 0 Å². The molecular weight excluding hydrogens is 310 g/mol. The van der Waals surface area contributed by atoms with E-state index in [-0.39, 0.29) is 13.2 Å². The number of amides is 1. The molecule has 0 spiro atoms. The van der Waals surface area contributed by atoms with Crippen molar-refractivity contribution in [3.8, 4) is 11.5 Å². The summed E-state index contributed by atoms with van der Waals surface area (Å²) >= 11 is 6.11. The molecule has 0 radical (unpaired) electrons. The number of hydrogen-bond acceptors (Lipinski definition) is 5. The SMILES string of the molecule is CCOC(=O)/C=C/C(=O)NCc1cc(OC)c(OC)cc1Cl. The van der Waals surface area contributed by atoms with Crippen molar-refractivity contribution in [3.05, 3.63) is 34.9 Å². The number of methoxy groups -OCH3 is 2. The number of carbonyl (C=O) groups is 2. The van der Waals surface area contributed by atoms with Crippen molar-refractivity contribution in [2.75, 3.05) is 20.8 Å². The van der Waals surface area contributed by atoms with Crippen LogP contribution in [0.25, 0.3) is 0 Å². The van der Waals surface area contributed by atoms with Gasteiger partial charge in [0.25, 0.3) is 0 Å². The first-order valence-electron chi connectivity index (χ1n) is 6.54. The average Bonchev–Trinajstić information content (AvgIpc) is 2.51. The van der Waals surface area contributed by atoms with Gasteiger partial charge < -0.3 is 19.5 Å². The minimum atomic E-state index is -0.568. The number of halogens is 1. The van der Waals surface area contributed by atoms with Gasteiger partial charge in [-0.05, 0) is 18.6 Å². The Morgan fingerprint density at radius 2 is 1.82 bits per heavy atom. The smallest absolute Gasteiger partial charge is 0.330 e. The monoisotopic (exact) mass is 327 g/mol. The average molecular weight is 328 g/mol. The maximum Gasteiger partial charge on any atom is 0.330 e. The van der Waals surface area contributed by atoms with Gasteiger partial charge in [-0.25, -0.2) is 4.79 Å². The summed E-state index contributed by atoms with van der Waals surface area (Å²) in [4.78, 5) is 22.7. The van der Waals surface area contributed by atoms with Crippen LogP contribution in [-0.4, -0.2) is 32.7 Å². The second kappa shape index (κ2) is 8.94. The fraction of sp³-hybridized carbons (Fsp3) is 0.333. The summed E-state index contributed by atoms with van der Waals surface area (Å²) in [6.07, 6.45) is 2.17. The van der Waals surface area contributed by atoms with E-state index in [1.54, 1.807) is 19.1 Å². The Bertz CT molecular complexity index is 571. The number of rotatable bonds is 7. The van der Waals surface area contributed by atoms with Gasteiger partial charge in [-0.15, -0.1) is 0 Å². The zero-order valence-electron chi connectivity index (χ0n) is 12.6. The zero-order valence-corrected chi connectivity index (χ0v) is 13.4. The fourth-order valence-corrected chi connectivity index (χ4v) is 1.83. The summed E-state index contributed by atoms with van der Waals surface area (Å²) in [5.74, 6) is 0.0173. The molecule has 22 heavy (non-hydrogen) atoms. The normalized spacial score (nSPS) is 10.4. The Morgan fingerprint density at radius 3 is 2.41 bits per heavy atom. The standard InChI is InChI=1S/C15H18ClNO5/c1-4-22-15(19)6-5-14(18)17-9-10-7-12(20-2)13(21-3)8-11(10)16/h5-8H,4,9H2,1-3H3,(H,17,18)/b6-5+. The second-order valence-electron chi connectivity index (χ2n) is 4.10. The topological polar surface area (TPSA) is 73.9 Å². The first-order valence-corrected chi connectivity index (χ1v) is 6.92. The van der Waals surface area contributed by atoms with Crippen LogP contribution in [-0.2, 0) is 20.9 Å².